The van der Waals surface area contributed by atoms with E-state index in [9.17, 15) is 4.79 Å². The fraction of sp³-hybridized carbons (Fsp3) is 0.115. The summed E-state index contributed by atoms with van der Waals surface area (Å²) in [4.78, 5) is 13.7. The summed E-state index contributed by atoms with van der Waals surface area (Å²) in [5, 5.41) is 7.87. The van der Waals surface area contributed by atoms with Gasteiger partial charge in [-0.05, 0) is 54.1 Å². The first-order chi connectivity index (χ1) is 14.7. The second-order valence-corrected chi connectivity index (χ2v) is 8.39. The lowest BCUT2D eigenvalue weighted by Gasteiger charge is -2.07. The van der Waals surface area contributed by atoms with Gasteiger partial charge in [-0.15, -0.1) is 11.8 Å². The number of nitrogens with zero attached hydrogens (tertiary/aromatic N) is 1. The Morgan fingerprint density at radius 3 is 2.47 bits per heavy atom. The number of aromatic nitrogens is 1. The molecule has 148 valence electrons. The van der Waals surface area contributed by atoms with Crippen LogP contribution in [0.25, 0.3) is 32.6 Å². The van der Waals surface area contributed by atoms with Gasteiger partial charge in [0.25, 0.3) is 0 Å². The highest BCUT2D eigenvalue weighted by Gasteiger charge is 2.11. The summed E-state index contributed by atoms with van der Waals surface area (Å²) in [5.74, 6) is 0.388. The Morgan fingerprint density at radius 1 is 0.833 bits per heavy atom. The van der Waals surface area contributed by atoms with E-state index in [4.69, 9.17) is 0 Å². The zero-order valence-electron chi connectivity index (χ0n) is 16.8. The van der Waals surface area contributed by atoms with Crippen LogP contribution in [0.1, 0.15) is 6.92 Å². The number of aryl methyl sites for hydroxylation is 1. The highest BCUT2D eigenvalue weighted by Crippen LogP contribution is 2.31. The maximum atomic E-state index is 12.6. The van der Waals surface area contributed by atoms with Gasteiger partial charge in [-0.3, -0.25) is 4.79 Å². The number of amides is 1. The van der Waals surface area contributed by atoms with Crippen LogP contribution < -0.4 is 5.32 Å². The average Bonchev–Trinajstić information content (AvgIpc) is 3.10. The maximum absolute atomic E-state index is 12.6. The molecule has 4 aromatic carbocycles. The number of hydrogen-bond donors (Lipinski definition) is 1. The second-order valence-electron chi connectivity index (χ2n) is 7.34. The molecule has 0 unspecified atom stereocenters. The molecule has 0 saturated heterocycles. The predicted octanol–water partition coefficient (Wildman–Crippen LogP) is 6.70. The normalized spacial score (nSPS) is 11.4. The van der Waals surface area contributed by atoms with E-state index in [1.54, 1.807) is 11.8 Å². The number of benzene rings is 4. The van der Waals surface area contributed by atoms with Crippen LogP contribution in [-0.4, -0.2) is 16.2 Å². The van der Waals surface area contributed by atoms with E-state index in [1.165, 1.54) is 32.6 Å². The number of para-hydroxylation sites is 1. The van der Waals surface area contributed by atoms with E-state index in [-0.39, 0.29) is 5.91 Å². The zero-order chi connectivity index (χ0) is 20.5. The van der Waals surface area contributed by atoms with Crippen LogP contribution in [0.15, 0.2) is 89.8 Å². The molecule has 4 heteroatoms. The molecule has 0 aliphatic carbocycles. The molecule has 0 bridgehead atoms. The minimum atomic E-state index is 0.00624. The second kappa shape index (κ2) is 7.88. The predicted molar refractivity (Wildman–Crippen MR) is 128 cm³/mol. The van der Waals surface area contributed by atoms with E-state index in [1.807, 2.05) is 18.2 Å². The number of rotatable bonds is 5. The highest BCUT2D eigenvalue weighted by atomic mass is 32.2. The quantitative estimate of drug-likeness (QED) is 0.327. The molecule has 5 aromatic rings. The molecule has 0 aliphatic heterocycles. The third-order valence-corrected chi connectivity index (χ3v) is 6.46. The summed E-state index contributed by atoms with van der Waals surface area (Å²) < 4.78 is 2.31. The number of thioether (sulfide) groups is 1. The van der Waals surface area contributed by atoms with Gasteiger partial charge in [0.05, 0.1) is 5.75 Å². The molecule has 30 heavy (non-hydrogen) atoms. The first kappa shape index (κ1) is 18.8. The van der Waals surface area contributed by atoms with Crippen LogP contribution >= 0.6 is 11.8 Å². The van der Waals surface area contributed by atoms with Crippen molar-refractivity contribution in [2.75, 3.05) is 11.1 Å². The first-order valence-electron chi connectivity index (χ1n) is 10.2. The Kier molecular flexibility index (Phi) is 4.93. The molecule has 0 atom stereocenters. The number of fused-ring (bicyclic) bond motifs is 4. The molecule has 5 rings (SSSR count). The topological polar surface area (TPSA) is 34.0 Å². The average molecular weight is 411 g/mol. The van der Waals surface area contributed by atoms with Crippen molar-refractivity contribution in [3.63, 3.8) is 0 Å². The summed E-state index contributed by atoms with van der Waals surface area (Å²) in [6.45, 7) is 3.07. The van der Waals surface area contributed by atoms with E-state index in [2.05, 4.69) is 83.5 Å². The smallest absolute Gasteiger partial charge is 0.234 e. The van der Waals surface area contributed by atoms with Crippen LogP contribution in [0.4, 0.5) is 5.69 Å². The number of nitrogens with one attached hydrogen (secondary N) is 1. The van der Waals surface area contributed by atoms with E-state index in [0.717, 1.165) is 17.1 Å². The van der Waals surface area contributed by atoms with E-state index < -0.39 is 0 Å². The lowest BCUT2D eigenvalue weighted by molar-refractivity contribution is -0.113. The molecular formula is C26H22N2OS. The fourth-order valence-electron chi connectivity index (χ4n) is 4.08. The Morgan fingerprint density at radius 2 is 1.60 bits per heavy atom. The number of anilines is 1. The van der Waals surface area contributed by atoms with Gasteiger partial charge in [-0.2, -0.15) is 0 Å². The molecule has 1 aromatic heterocycles. The minimum absolute atomic E-state index is 0.00624. The fourth-order valence-corrected chi connectivity index (χ4v) is 4.82. The van der Waals surface area contributed by atoms with Crippen LogP contribution in [0.3, 0.4) is 0 Å². The van der Waals surface area contributed by atoms with Crippen molar-refractivity contribution in [1.29, 1.82) is 0 Å². The van der Waals surface area contributed by atoms with E-state index in [0.29, 0.717) is 5.75 Å². The summed E-state index contributed by atoms with van der Waals surface area (Å²) in [6.07, 6.45) is 0. The van der Waals surface area contributed by atoms with Gasteiger partial charge in [0, 0.05) is 38.9 Å². The Bertz CT molecular complexity index is 1390. The third kappa shape index (κ3) is 3.44. The van der Waals surface area contributed by atoms with Gasteiger partial charge < -0.3 is 9.88 Å². The van der Waals surface area contributed by atoms with Crippen LogP contribution in [-0.2, 0) is 11.3 Å². The number of hydrogen-bond acceptors (Lipinski definition) is 2. The van der Waals surface area contributed by atoms with E-state index >= 15 is 0 Å². The lowest BCUT2D eigenvalue weighted by Crippen LogP contribution is -2.13. The zero-order valence-corrected chi connectivity index (χ0v) is 17.6. The number of carbonyl (C=O) groups is 1. The Hall–Kier alpha value is -3.24. The van der Waals surface area contributed by atoms with Crippen molar-refractivity contribution in [2.45, 2.75) is 18.4 Å². The summed E-state index contributed by atoms with van der Waals surface area (Å²) in [6, 6.07) is 29.2. The molecule has 3 nitrogen and oxygen atoms in total. The van der Waals surface area contributed by atoms with Gasteiger partial charge in [-0.1, -0.05) is 48.5 Å². The lowest BCUT2D eigenvalue weighted by atomic mass is 10.1. The monoisotopic (exact) mass is 410 g/mol. The molecule has 0 radical (unpaired) electrons. The molecule has 0 fully saturated rings. The van der Waals surface area contributed by atoms with Gasteiger partial charge in [0.1, 0.15) is 0 Å². The molecule has 1 N–H and O–H groups in total. The van der Waals surface area contributed by atoms with Crippen LogP contribution in [0.5, 0.6) is 0 Å². The summed E-state index contributed by atoms with van der Waals surface area (Å²) in [7, 11) is 0. The van der Waals surface area contributed by atoms with Crippen molar-refractivity contribution < 1.29 is 4.79 Å². The van der Waals surface area contributed by atoms with Gasteiger partial charge in [0.2, 0.25) is 5.91 Å². The first-order valence-corrected chi connectivity index (χ1v) is 11.1. The standard InChI is InChI=1S/C26H22N2OS/c1-2-28-24-10-6-5-9-22(24)23-16-20(12-14-25(23)28)27-26(29)17-30-21-13-11-18-7-3-4-8-19(18)15-21/h3-16H,2,17H2,1H3,(H,27,29). The number of carbonyl (C=O) groups excluding carboxylic acids is 1. The van der Waals surface area contributed by atoms with Crippen molar-refractivity contribution in [3.05, 3.63) is 84.9 Å². The Labute approximate surface area is 179 Å². The highest BCUT2D eigenvalue weighted by molar-refractivity contribution is 8.00. The van der Waals surface area contributed by atoms with Crippen molar-refractivity contribution in [3.8, 4) is 0 Å². The van der Waals surface area contributed by atoms with Gasteiger partial charge >= 0.3 is 0 Å². The summed E-state index contributed by atoms with van der Waals surface area (Å²) >= 11 is 1.56. The van der Waals surface area contributed by atoms with Crippen LogP contribution in [0.2, 0.25) is 0 Å². The van der Waals surface area contributed by atoms with Crippen molar-refractivity contribution in [2.24, 2.45) is 0 Å². The van der Waals surface area contributed by atoms with Crippen LogP contribution in [0, 0.1) is 0 Å². The molecule has 0 saturated carbocycles. The molecule has 1 amide bonds. The summed E-state index contributed by atoms with van der Waals surface area (Å²) in [5.41, 5.74) is 3.26. The molecule has 1 heterocycles. The third-order valence-electron chi connectivity index (χ3n) is 5.46. The Balaban J connectivity index is 1.34. The molecular weight excluding hydrogens is 388 g/mol. The van der Waals surface area contributed by atoms with Crippen molar-refractivity contribution >= 4 is 55.9 Å². The molecule has 0 aliphatic rings. The largest absolute Gasteiger partial charge is 0.341 e. The molecule has 0 spiro atoms. The van der Waals surface area contributed by atoms with Crippen molar-refractivity contribution in [1.82, 2.24) is 4.57 Å². The van der Waals surface area contributed by atoms with Gasteiger partial charge in [0.15, 0.2) is 0 Å². The minimum Gasteiger partial charge on any atom is -0.341 e. The SMILES string of the molecule is CCn1c2ccccc2c2cc(NC(=O)CSc3ccc4ccccc4c3)ccc21. The maximum Gasteiger partial charge on any atom is 0.234 e. The van der Waals surface area contributed by atoms with Gasteiger partial charge in [-0.25, -0.2) is 0 Å².